The summed E-state index contributed by atoms with van der Waals surface area (Å²) in [6, 6.07) is 0. The fraction of sp³-hybridized carbons (Fsp3) is 0.909. The Morgan fingerprint density at radius 2 is 1.83 bits per heavy atom. The zero-order chi connectivity index (χ0) is 8.98. The van der Waals surface area contributed by atoms with Gasteiger partial charge >= 0.3 is 0 Å². The lowest BCUT2D eigenvalue weighted by molar-refractivity contribution is -0.148. The van der Waals surface area contributed by atoms with Gasteiger partial charge in [-0.15, -0.1) is 0 Å². The third kappa shape index (κ3) is 1.10. The van der Waals surface area contributed by atoms with E-state index in [1.54, 1.807) is 0 Å². The maximum Gasteiger partial charge on any atom is 0.138 e. The summed E-state index contributed by atoms with van der Waals surface area (Å²) < 4.78 is 0. The molecule has 1 nitrogen and oxygen atoms in total. The zero-order valence-corrected chi connectivity index (χ0v) is 8.31. The van der Waals surface area contributed by atoms with E-state index in [1.165, 1.54) is 19.3 Å². The fourth-order valence-electron chi connectivity index (χ4n) is 2.48. The third-order valence-corrected chi connectivity index (χ3v) is 3.54. The van der Waals surface area contributed by atoms with Gasteiger partial charge in [-0.2, -0.15) is 0 Å². The van der Waals surface area contributed by atoms with Crippen molar-refractivity contribution in [1.29, 1.82) is 0 Å². The summed E-state index contributed by atoms with van der Waals surface area (Å²) in [4.78, 5) is 11.7. The van der Waals surface area contributed by atoms with Crippen molar-refractivity contribution in [2.24, 2.45) is 16.7 Å². The van der Waals surface area contributed by atoms with Gasteiger partial charge in [-0.3, -0.25) is 4.79 Å². The van der Waals surface area contributed by atoms with E-state index in [9.17, 15) is 4.79 Å². The Morgan fingerprint density at radius 1 is 1.33 bits per heavy atom. The third-order valence-electron chi connectivity index (χ3n) is 3.54. The Kier molecular flexibility index (Phi) is 1.47. The highest BCUT2D eigenvalue weighted by molar-refractivity contribution is 5.84. The first-order valence-corrected chi connectivity index (χ1v) is 4.95. The van der Waals surface area contributed by atoms with Gasteiger partial charge in [0.25, 0.3) is 0 Å². The van der Waals surface area contributed by atoms with E-state index in [0.29, 0.717) is 11.2 Å². The van der Waals surface area contributed by atoms with Crippen LogP contribution >= 0.6 is 0 Å². The van der Waals surface area contributed by atoms with Gasteiger partial charge in [0, 0.05) is 11.8 Å². The molecular weight excluding hydrogens is 148 g/mol. The molecule has 3 aliphatic carbocycles. The Balaban J connectivity index is 1.91. The van der Waals surface area contributed by atoms with Crippen LogP contribution in [0.2, 0.25) is 0 Å². The molecule has 0 aromatic rings. The normalized spacial score (nSPS) is 38.4. The number of ketones is 1. The van der Waals surface area contributed by atoms with E-state index in [1.807, 2.05) is 20.8 Å². The van der Waals surface area contributed by atoms with Gasteiger partial charge in [0.05, 0.1) is 0 Å². The smallest absolute Gasteiger partial charge is 0.138 e. The number of carbonyl (C=O) groups excluding carboxylic acids is 1. The summed E-state index contributed by atoms with van der Waals surface area (Å²) in [5, 5.41) is 0. The number of carbonyl (C=O) groups is 1. The molecule has 0 heterocycles. The van der Waals surface area contributed by atoms with Crippen molar-refractivity contribution >= 4 is 5.78 Å². The minimum absolute atomic E-state index is 0.116. The molecule has 0 amide bonds. The predicted octanol–water partition coefficient (Wildman–Crippen LogP) is 2.79. The second-order valence-corrected chi connectivity index (χ2v) is 5.83. The summed E-state index contributed by atoms with van der Waals surface area (Å²) >= 11 is 0. The number of hydrogen-bond acceptors (Lipinski definition) is 1. The molecule has 0 radical (unpaired) electrons. The van der Waals surface area contributed by atoms with Gasteiger partial charge in [0.2, 0.25) is 0 Å². The second kappa shape index (κ2) is 2.12. The van der Waals surface area contributed by atoms with E-state index in [4.69, 9.17) is 0 Å². The van der Waals surface area contributed by atoms with Crippen molar-refractivity contribution in [3.05, 3.63) is 0 Å². The van der Waals surface area contributed by atoms with Crippen LogP contribution in [0, 0.1) is 16.7 Å². The molecule has 68 valence electrons. The number of Topliss-reactive ketones (excluding diaryl/α,β-unsaturated/α-hetero) is 1. The minimum atomic E-state index is -0.116. The summed E-state index contributed by atoms with van der Waals surface area (Å²) in [5.74, 6) is 1.46. The molecule has 3 aliphatic rings. The lowest BCUT2D eigenvalue weighted by atomic mass is 9.42. The van der Waals surface area contributed by atoms with Crippen molar-refractivity contribution in [2.45, 2.75) is 46.5 Å². The highest BCUT2D eigenvalue weighted by Gasteiger charge is 2.57. The van der Waals surface area contributed by atoms with Crippen molar-refractivity contribution in [2.75, 3.05) is 0 Å². The van der Waals surface area contributed by atoms with Crippen LogP contribution in [-0.4, -0.2) is 5.78 Å². The first-order chi connectivity index (χ1) is 5.41. The maximum atomic E-state index is 11.7. The van der Waals surface area contributed by atoms with E-state index >= 15 is 0 Å². The second-order valence-electron chi connectivity index (χ2n) is 5.83. The highest BCUT2D eigenvalue weighted by Crippen LogP contribution is 2.66. The van der Waals surface area contributed by atoms with Crippen molar-refractivity contribution in [1.82, 2.24) is 0 Å². The predicted molar refractivity (Wildman–Crippen MR) is 48.9 cm³/mol. The average Bonchev–Trinajstić information content (AvgIpc) is 1.72. The summed E-state index contributed by atoms with van der Waals surface area (Å²) in [6.07, 6.45) is 4.88. The molecule has 0 N–H and O–H groups in total. The van der Waals surface area contributed by atoms with E-state index in [-0.39, 0.29) is 5.41 Å². The van der Waals surface area contributed by atoms with Crippen LogP contribution in [0.3, 0.4) is 0 Å². The molecule has 12 heavy (non-hydrogen) atoms. The van der Waals surface area contributed by atoms with Crippen LogP contribution < -0.4 is 0 Å². The van der Waals surface area contributed by atoms with Crippen LogP contribution in [0.15, 0.2) is 0 Å². The Bertz CT molecular complexity index is 205. The largest absolute Gasteiger partial charge is 0.299 e. The van der Waals surface area contributed by atoms with Crippen molar-refractivity contribution < 1.29 is 4.79 Å². The quantitative estimate of drug-likeness (QED) is 0.616. The molecule has 0 aromatic carbocycles. The molecule has 0 atom stereocenters. The number of hydrogen-bond donors (Lipinski definition) is 0. The Hall–Kier alpha value is -0.330. The van der Waals surface area contributed by atoms with Crippen LogP contribution in [-0.2, 0) is 4.79 Å². The van der Waals surface area contributed by atoms with Gasteiger partial charge in [-0.1, -0.05) is 20.8 Å². The average molecular weight is 166 g/mol. The molecule has 3 rings (SSSR count). The molecule has 3 saturated carbocycles. The lowest BCUT2D eigenvalue weighted by Crippen LogP contribution is -2.53. The van der Waals surface area contributed by atoms with Crippen LogP contribution in [0.4, 0.5) is 0 Å². The molecule has 0 aliphatic heterocycles. The van der Waals surface area contributed by atoms with Gasteiger partial charge < -0.3 is 0 Å². The molecule has 0 aromatic heterocycles. The fourth-order valence-corrected chi connectivity index (χ4v) is 2.48. The molecule has 0 unspecified atom stereocenters. The van der Waals surface area contributed by atoms with Gasteiger partial charge in [-0.05, 0) is 30.6 Å². The van der Waals surface area contributed by atoms with E-state index < -0.39 is 0 Å². The van der Waals surface area contributed by atoms with Gasteiger partial charge in [0.15, 0.2) is 0 Å². The first-order valence-electron chi connectivity index (χ1n) is 4.95. The molecule has 2 bridgehead atoms. The monoisotopic (exact) mass is 166 g/mol. The molecule has 1 heteroatoms. The van der Waals surface area contributed by atoms with Crippen LogP contribution in [0.5, 0.6) is 0 Å². The molecule has 3 fully saturated rings. The van der Waals surface area contributed by atoms with Crippen molar-refractivity contribution in [3.8, 4) is 0 Å². The van der Waals surface area contributed by atoms with E-state index in [0.717, 1.165) is 12.3 Å². The lowest BCUT2D eigenvalue weighted by Gasteiger charge is -2.62. The Labute approximate surface area is 74.5 Å². The van der Waals surface area contributed by atoms with Gasteiger partial charge in [0.1, 0.15) is 5.78 Å². The molecule has 0 spiro atoms. The summed E-state index contributed by atoms with van der Waals surface area (Å²) in [6.45, 7) is 6.09. The Morgan fingerprint density at radius 3 is 2.08 bits per heavy atom. The molecular formula is C11H18O. The standard InChI is InChI=1S/C11H18O/c1-10(2,3)9(12)7-11-4-8(5-11)6-11/h8H,4-7H2,1-3H3. The zero-order valence-electron chi connectivity index (χ0n) is 8.31. The van der Waals surface area contributed by atoms with Crippen LogP contribution in [0.1, 0.15) is 46.5 Å². The van der Waals surface area contributed by atoms with E-state index in [2.05, 4.69) is 0 Å². The van der Waals surface area contributed by atoms with Crippen LogP contribution in [0.25, 0.3) is 0 Å². The topological polar surface area (TPSA) is 17.1 Å². The van der Waals surface area contributed by atoms with Crippen molar-refractivity contribution in [3.63, 3.8) is 0 Å². The minimum Gasteiger partial charge on any atom is -0.299 e. The molecule has 0 saturated heterocycles. The van der Waals surface area contributed by atoms with Gasteiger partial charge in [-0.25, -0.2) is 0 Å². The number of rotatable bonds is 2. The SMILES string of the molecule is CC(C)(C)C(=O)CC12CC(C1)C2. The summed E-state index contributed by atoms with van der Waals surface area (Å²) in [7, 11) is 0. The highest BCUT2D eigenvalue weighted by atomic mass is 16.1. The maximum absolute atomic E-state index is 11.7. The first kappa shape index (κ1) is 8.28. The summed E-state index contributed by atoms with van der Waals surface area (Å²) in [5.41, 5.74) is 0.379.